The zero-order chi connectivity index (χ0) is 13.8. The van der Waals surface area contributed by atoms with Crippen LogP contribution in [-0.4, -0.2) is 0 Å². The van der Waals surface area contributed by atoms with Gasteiger partial charge in [-0.3, -0.25) is 0 Å². The number of nitrogen functional groups attached to an aromatic ring is 1. The fourth-order valence-electron chi connectivity index (χ4n) is 1.76. The van der Waals surface area contributed by atoms with Gasteiger partial charge in [0.25, 0.3) is 0 Å². The zero-order valence-electron chi connectivity index (χ0n) is 10.5. The molecule has 0 amide bonds. The van der Waals surface area contributed by atoms with E-state index in [1.807, 2.05) is 31.2 Å². The molecule has 0 aromatic heterocycles. The van der Waals surface area contributed by atoms with E-state index in [0.29, 0.717) is 17.9 Å². The van der Waals surface area contributed by atoms with E-state index >= 15 is 0 Å². The van der Waals surface area contributed by atoms with Crippen LogP contribution in [0.2, 0.25) is 0 Å². The minimum Gasteiger partial charge on any atom is -0.489 e. The van der Waals surface area contributed by atoms with Gasteiger partial charge in [0.05, 0.1) is 11.6 Å². The van der Waals surface area contributed by atoms with Gasteiger partial charge in [-0.05, 0) is 42.3 Å². The van der Waals surface area contributed by atoms with Gasteiger partial charge in [-0.25, -0.2) is 0 Å². The molecule has 0 saturated carbocycles. The number of rotatable bonds is 3. The molecule has 0 aliphatic heterocycles. The summed E-state index contributed by atoms with van der Waals surface area (Å²) in [5, 5.41) is 8.82. The molecule has 0 radical (unpaired) electrons. The second-order valence-electron chi connectivity index (χ2n) is 4.26. The van der Waals surface area contributed by atoms with Gasteiger partial charge in [-0.2, -0.15) is 5.26 Å². The Morgan fingerprint density at radius 3 is 2.68 bits per heavy atom. The summed E-state index contributed by atoms with van der Waals surface area (Å²) in [5.74, 6) is 0.718. The lowest BCUT2D eigenvalue weighted by Crippen LogP contribution is -1.99. The number of halogens is 1. The number of hydrogen-bond donors (Lipinski definition) is 1. The van der Waals surface area contributed by atoms with E-state index in [2.05, 4.69) is 22.0 Å². The lowest BCUT2D eigenvalue weighted by molar-refractivity contribution is 0.305. The largest absolute Gasteiger partial charge is 0.489 e. The molecular formula is C15H13BrN2O. The van der Waals surface area contributed by atoms with Crippen molar-refractivity contribution >= 4 is 21.6 Å². The van der Waals surface area contributed by atoms with Crippen LogP contribution in [0.15, 0.2) is 40.9 Å². The van der Waals surface area contributed by atoms with Crippen LogP contribution in [0.5, 0.6) is 5.75 Å². The molecule has 4 heteroatoms. The minimum absolute atomic E-state index is 0.452. The summed E-state index contributed by atoms with van der Waals surface area (Å²) in [4.78, 5) is 0. The molecule has 19 heavy (non-hydrogen) atoms. The first-order valence-corrected chi connectivity index (χ1v) is 6.56. The highest BCUT2D eigenvalue weighted by molar-refractivity contribution is 9.10. The molecule has 0 fully saturated rings. The molecular weight excluding hydrogens is 304 g/mol. The van der Waals surface area contributed by atoms with E-state index < -0.39 is 0 Å². The lowest BCUT2D eigenvalue weighted by atomic mass is 10.1. The van der Waals surface area contributed by atoms with Gasteiger partial charge in [0.2, 0.25) is 0 Å². The average Bonchev–Trinajstić information content (AvgIpc) is 2.36. The summed E-state index contributed by atoms with van der Waals surface area (Å²) in [5.41, 5.74) is 9.16. The van der Waals surface area contributed by atoms with Crippen molar-refractivity contribution in [1.29, 1.82) is 5.26 Å². The Bertz CT molecular complexity index is 627. The normalized spacial score (nSPS) is 9.95. The summed E-state index contributed by atoms with van der Waals surface area (Å²) < 4.78 is 6.60. The van der Waals surface area contributed by atoms with Gasteiger partial charge in [0.1, 0.15) is 12.4 Å². The Morgan fingerprint density at radius 1 is 1.26 bits per heavy atom. The van der Waals surface area contributed by atoms with E-state index in [1.54, 1.807) is 12.1 Å². The predicted molar refractivity (Wildman–Crippen MR) is 78.8 cm³/mol. The summed E-state index contributed by atoms with van der Waals surface area (Å²) in [6.45, 7) is 2.42. The molecule has 0 unspecified atom stereocenters. The van der Waals surface area contributed by atoms with Gasteiger partial charge in [-0.1, -0.05) is 22.0 Å². The molecule has 0 saturated heterocycles. The van der Waals surface area contributed by atoms with Crippen LogP contribution in [0.25, 0.3) is 0 Å². The highest BCUT2D eigenvalue weighted by atomic mass is 79.9. The molecule has 2 rings (SSSR count). The summed E-state index contributed by atoms with van der Waals surface area (Å²) in [6.07, 6.45) is 0. The minimum atomic E-state index is 0.452. The number of nitrogens with zero attached hydrogens (tertiary/aromatic N) is 1. The molecule has 0 atom stereocenters. The zero-order valence-corrected chi connectivity index (χ0v) is 12.1. The van der Waals surface area contributed by atoms with Crippen molar-refractivity contribution in [1.82, 2.24) is 0 Å². The quantitative estimate of drug-likeness (QED) is 0.876. The maximum Gasteiger partial charge on any atom is 0.122 e. The van der Waals surface area contributed by atoms with Crippen molar-refractivity contribution < 1.29 is 4.74 Å². The number of hydrogen-bond acceptors (Lipinski definition) is 3. The number of nitrogens with two attached hydrogens (primary N) is 1. The van der Waals surface area contributed by atoms with Gasteiger partial charge in [-0.15, -0.1) is 0 Å². The molecule has 0 bridgehead atoms. The standard InChI is InChI=1S/C15H13BrN2O/c1-10-4-11(8-17)2-3-12(10)9-19-15-6-13(16)5-14(18)7-15/h2-7H,9,18H2,1H3. The smallest absolute Gasteiger partial charge is 0.122 e. The molecule has 2 aromatic carbocycles. The highest BCUT2D eigenvalue weighted by Crippen LogP contribution is 2.24. The Kier molecular flexibility index (Phi) is 4.08. The van der Waals surface area contributed by atoms with Crippen molar-refractivity contribution in [2.45, 2.75) is 13.5 Å². The van der Waals surface area contributed by atoms with E-state index in [9.17, 15) is 0 Å². The van der Waals surface area contributed by atoms with Gasteiger partial charge in [0.15, 0.2) is 0 Å². The number of nitriles is 1. The van der Waals surface area contributed by atoms with E-state index in [-0.39, 0.29) is 0 Å². The first kappa shape index (κ1) is 13.4. The molecule has 0 heterocycles. The highest BCUT2D eigenvalue weighted by Gasteiger charge is 2.03. The SMILES string of the molecule is Cc1cc(C#N)ccc1COc1cc(N)cc(Br)c1. The van der Waals surface area contributed by atoms with Crippen LogP contribution < -0.4 is 10.5 Å². The molecule has 0 aliphatic rings. The third kappa shape index (κ3) is 3.49. The van der Waals surface area contributed by atoms with Crippen LogP contribution in [0, 0.1) is 18.3 Å². The second kappa shape index (κ2) is 5.77. The molecule has 3 nitrogen and oxygen atoms in total. The van der Waals surface area contributed by atoms with E-state index in [0.717, 1.165) is 21.3 Å². The Labute approximate surface area is 120 Å². The van der Waals surface area contributed by atoms with E-state index in [1.165, 1.54) is 0 Å². The number of ether oxygens (including phenoxy) is 1. The maximum atomic E-state index is 8.82. The first-order chi connectivity index (χ1) is 9.08. The van der Waals surface area contributed by atoms with Gasteiger partial charge >= 0.3 is 0 Å². The third-order valence-corrected chi connectivity index (χ3v) is 3.22. The van der Waals surface area contributed by atoms with Crippen molar-refractivity contribution in [3.8, 4) is 11.8 Å². The van der Waals surface area contributed by atoms with Crippen LogP contribution in [0.3, 0.4) is 0 Å². The molecule has 96 valence electrons. The number of anilines is 1. The average molecular weight is 317 g/mol. The third-order valence-electron chi connectivity index (χ3n) is 2.76. The Hall–Kier alpha value is -1.99. The fourth-order valence-corrected chi connectivity index (χ4v) is 2.25. The molecule has 2 N–H and O–H groups in total. The van der Waals surface area contributed by atoms with Crippen LogP contribution >= 0.6 is 15.9 Å². The summed E-state index contributed by atoms with van der Waals surface area (Å²) in [6, 6.07) is 13.2. The molecule has 2 aromatic rings. The van der Waals surface area contributed by atoms with E-state index in [4.69, 9.17) is 15.7 Å². The second-order valence-corrected chi connectivity index (χ2v) is 5.18. The van der Waals surface area contributed by atoms with Crippen LogP contribution in [0.1, 0.15) is 16.7 Å². The Balaban J connectivity index is 2.12. The summed E-state index contributed by atoms with van der Waals surface area (Å²) in [7, 11) is 0. The Morgan fingerprint density at radius 2 is 2.05 bits per heavy atom. The summed E-state index contributed by atoms with van der Waals surface area (Å²) >= 11 is 3.38. The van der Waals surface area contributed by atoms with Gasteiger partial charge < -0.3 is 10.5 Å². The lowest BCUT2D eigenvalue weighted by Gasteiger charge is -2.10. The van der Waals surface area contributed by atoms with Crippen LogP contribution in [-0.2, 0) is 6.61 Å². The van der Waals surface area contributed by atoms with Crippen molar-refractivity contribution in [3.05, 3.63) is 57.6 Å². The predicted octanol–water partition coefficient (Wildman–Crippen LogP) is 3.79. The van der Waals surface area contributed by atoms with Crippen LogP contribution in [0.4, 0.5) is 5.69 Å². The maximum absolute atomic E-state index is 8.82. The number of benzene rings is 2. The van der Waals surface area contributed by atoms with Crippen molar-refractivity contribution in [3.63, 3.8) is 0 Å². The number of aryl methyl sites for hydroxylation is 1. The van der Waals surface area contributed by atoms with Crippen molar-refractivity contribution in [2.24, 2.45) is 0 Å². The van der Waals surface area contributed by atoms with Gasteiger partial charge in [0, 0.05) is 16.2 Å². The monoisotopic (exact) mass is 316 g/mol. The topological polar surface area (TPSA) is 59.0 Å². The molecule has 0 aliphatic carbocycles. The first-order valence-electron chi connectivity index (χ1n) is 5.77. The molecule has 0 spiro atoms. The van der Waals surface area contributed by atoms with Crippen molar-refractivity contribution in [2.75, 3.05) is 5.73 Å². The fraction of sp³-hybridized carbons (Fsp3) is 0.133.